The molecule has 1 aliphatic heterocycles. The molecule has 90 valence electrons. The molecule has 0 bridgehead atoms. The minimum Gasteiger partial charge on any atom is -0.372 e. The average molecular weight is 230 g/mol. The molecule has 0 N–H and O–H groups in total. The molecule has 3 heteroatoms. The van der Waals surface area contributed by atoms with Crippen LogP contribution in [0.2, 0.25) is 0 Å². The van der Waals surface area contributed by atoms with Crippen LogP contribution in [-0.4, -0.2) is 30.6 Å². The molecule has 0 aliphatic carbocycles. The van der Waals surface area contributed by atoms with Gasteiger partial charge in [-0.3, -0.25) is 4.90 Å². The van der Waals surface area contributed by atoms with Crippen molar-refractivity contribution in [3.05, 3.63) is 35.9 Å². The van der Waals surface area contributed by atoms with Crippen molar-refractivity contribution in [3.63, 3.8) is 0 Å². The molecule has 0 amide bonds. The summed E-state index contributed by atoms with van der Waals surface area (Å²) in [7, 11) is 0. The molecule has 1 fully saturated rings. The van der Waals surface area contributed by atoms with E-state index in [1.54, 1.807) is 0 Å². The lowest BCUT2D eigenvalue weighted by Gasteiger charge is -2.14. The number of benzene rings is 1. The summed E-state index contributed by atoms with van der Waals surface area (Å²) in [6.07, 6.45) is 2.03. The summed E-state index contributed by atoms with van der Waals surface area (Å²) in [6.45, 7) is 3.59. The Hall–Kier alpha value is -1.37. The first-order chi connectivity index (χ1) is 8.38. The van der Waals surface area contributed by atoms with Crippen LogP contribution in [0.5, 0.6) is 0 Å². The number of nitrogens with zero attached hydrogens (tertiary/aromatic N) is 2. The molecule has 0 aromatic heterocycles. The highest BCUT2D eigenvalue weighted by atomic mass is 16.5. The Morgan fingerprint density at radius 1 is 1.35 bits per heavy atom. The summed E-state index contributed by atoms with van der Waals surface area (Å²) in [4.78, 5) is 2.30. The van der Waals surface area contributed by atoms with Gasteiger partial charge in [0, 0.05) is 26.1 Å². The second-order valence-electron chi connectivity index (χ2n) is 4.42. The maximum atomic E-state index is 8.54. The minimum absolute atomic E-state index is 0.328. The largest absolute Gasteiger partial charge is 0.372 e. The molecule has 1 aliphatic rings. The van der Waals surface area contributed by atoms with E-state index in [9.17, 15) is 0 Å². The normalized spacial score (nSPS) is 20.3. The molecule has 2 rings (SSSR count). The summed E-state index contributed by atoms with van der Waals surface area (Å²) in [6, 6.07) is 12.4. The number of hydrogen-bond acceptors (Lipinski definition) is 3. The highest BCUT2D eigenvalue weighted by molar-refractivity contribution is 5.13. The summed E-state index contributed by atoms with van der Waals surface area (Å²) in [5.41, 5.74) is 1.22. The van der Waals surface area contributed by atoms with Crippen LogP contribution in [-0.2, 0) is 11.3 Å². The van der Waals surface area contributed by atoms with Crippen molar-refractivity contribution in [3.8, 4) is 6.07 Å². The first kappa shape index (κ1) is 12.1. The number of rotatable bonds is 5. The second kappa shape index (κ2) is 6.39. The van der Waals surface area contributed by atoms with E-state index < -0.39 is 0 Å². The van der Waals surface area contributed by atoms with Crippen molar-refractivity contribution < 1.29 is 4.74 Å². The molecular weight excluding hydrogens is 212 g/mol. The fraction of sp³-hybridized carbons (Fsp3) is 0.500. The average Bonchev–Trinajstić information content (AvgIpc) is 2.83. The standard InChI is InChI=1S/C14H18N2O/c15-8-4-9-16-10-7-14(11-16)17-12-13-5-2-1-3-6-13/h1-3,5-6,14H,4,7,9-12H2. The fourth-order valence-corrected chi connectivity index (χ4v) is 2.13. The minimum atomic E-state index is 0.328. The zero-order chi connectivity index (χ0) is 11.9. The SMILES string of the molecule is N#CCCN1CCC(OCc2ccccc2)C1. The number of nitriles is 1. The van der Waals surface area contributed by atoms with E-state index in [1.165, 1.54) is 5.56 Å². The van der Waals surface area contributed by atoms with Crippen LogP contribution in [0.4, 0.5) is 0 Å². The van der Waals surface area contributed by atoms with Crippen LogP contribution in [0.1, 0.15) is 18.4 Å². The molecule has 0 radical (unpaired) electrons. The van der Waals surface area contributed by atoms with Gasteiger partial charge in [0.15, 0.2) is 0 Å². The number of ether oxygens (including phenoxy) is 1. The number of hydrogen-bond donors (Lipinski definition) is 0. The van der Waals surface area contributed by atoms with E-state index in [1.807, 2.05) is 18.2 Å². The van der Waals surface area contributed by atoms with Gasteiger partial charge in [0.1, 0.15) is 0 Å². The molecular formula is C14H18N2O. The van der Waals surface area contributed by atoms with Crippen molar-refractivity contribution >= 4 is 0 Å². The van der Waals surface area contributed by atoms with E-state index in [0.717, 1.165) is 26.1 Å². The molecule has 1 unspecified atom stereocenters. The van der Waals surface area contributed by atoms with Gasteiger partial charge in [-0.25, -0.2) is 0 Å². The number of likely N-dealkylation sites (tertiary alicyclic amines) is 1. The molecule has 1 saturated heterocycles. The van der Waals surface area contributed by atoms with Gasteiger partial charge in [-0.05, 0) is 12.0 Å². The van der Waals surface area contributed by atoms with E-state index in [-0.39, 0.29) is 0 Å². The quantitative estimate of drug-likeness (QED) is 0.778. The highest BCUT2D eigenvalue weighted by Gasteiger charge is 2.22. The predicted octanol–water partition coefficient (Wildman–Crippen LogP) is 2.19. The van der Waals surface area contributed by atoms with Gasteiger partial charge in [-0.15, -0.1) is 0 Å². The third-order valence-electron chi connectivity index (χ3n) is 3.10. The van der Waals surface area contributed by atoms with E-state index in [2.05, 4.69) is 23.1 Å². The Morgan fingerprint density at radius 3 is 2.94 bits per heavy atom. The van der Waals surface area contributed by atoms with E-state index in [4.69, 9.17) is 10.00 Å². The lowest BCUT2D eigenvalue weighted by atomic mass is 10.2. The highest BCUT2D eigenvalue weighted by Crippen LogP contribution is 2.14. The third kappa shape index (κ3) is 3.85. The van der Waals surface area contributed by atoms with Gasteiger partial charge >= 0.3 is 0 Å². The summed E-state index contributed by atoms with van der Waals surface area (Å²) < 4.78 is 5.87. The summed E-state index contributed by atoms with van der Waals surface area (Å²) >= 11 is 0. The second-order valence-corrected chi connectivity index (χ2v) is 4.42. The maximum Gasteiger partial charge on any atom is 0.0721 e. The van der Waals surface area contributed by atoms with Gasteiger partial charge in [0.25, 0.3) is 0 Å². The van der Waals surface area contributed by atoms with Crippen LogP contribution >= 0.6 is 0 Å². The first-order valence-corrected chi connectivity index (χ1v) is 6.13. The monoisotopic (exact) mass is 230 g/mol. The van der Waals surface area contributed by atoms with E-state index in [0.29, 0.717) is 19.1 Å². The molecule has 1 aromatic carbocycles. The molecule has 1 atom stereocenters. The van der Waals surface area contributed by atoms with E-state index >= 15 is 0 Å². The van der Waals surface area contributed by atoms with Crippen LogP contribution in [0, 0.1) is 11.3 Å². The van der Waals surface area contributed by atoms with Crippen molar-refractivity contribution in [1.82, 2.24) is 4.90 Å². The van der Waals surface area contributed by atoms with Crippen molar-refractivity contribution in [2.24, 2.45) is 0 Å². The molecule has 1 aromatic rings. The molecule has 0 saturated carbocycles. The summed E-state index contributed by atoms with van der Waals surface area (Å²) in [5.74, 6) is 0. The maximum absolute atomic E-state index is 8.54. The third-order valence-corrected chi connectivity index (χ3v) is 3.10. The van der Waals surface area contributed by atoms with Gasteiger partial charge in [0.05, 0.1) is 18.8 Å². The van der Waals surface area contributed by atoms with Gasteiger partial charge in [0.2, 0.25) is 0 Å². The first-order valence-electron chi connectivity index (χ1n) is 6.13. The molecule has 3 nitrogen and oxygen atoms in total. The van der Waals surface area contributed by atoms with Crippen LogP contribution in [0.3, 0.4) is 0 Å². The van der Waals surface area contributed by atoms with Crippen molar-refractivity contribution in [2.45, 2.75) is 25.6 Å². The lowest BCUT2D eigenvalue weighted by molar-refractivity contribution is 0.0468. The van der Waals surface area contributed by atoms with Gasteiger partial charge in [-0.1, -0.05) is 30.3 Å². The van der Waals surface area contributed by atoms with Crippen LogP contribution < -0.4 is 0 Å². The lowest BCUT2D eigenvalue weighted by Crippen LogP contribution is -2.24. The summed E-state index contributed by atoms with van der Waals surface area (Å²) in [5, 5.41) is 8.54. The van der Waals surface area contributed by atoms with Crippen LogP contribution in [0.25, 0.3) is 0 Å². The van der Waals surface area contributed by atoms with Gasteiger partial charge in [-0.2, -0.15) is 5.26 Å². The Bertz CT molecular complexity index is 372. The Labute approximate surface area is 103 Å². The smallest absolute Gasteiger partial charge is 0.0721 e. The van der Waals surface area contributed by atoms with Gasteiger partial charge < -0.3 is 4.74 Å². The zero-order valence-electron chi connectivity index (χ0n) is 10.0. The van der Waals surface area contributed by atoms with Crippen molar-refractivity contribution in [1.29, 1.82) is 5.26 Å². The fourth-order valence-electron chi connectivity index (χ4n) is 2.13. The predicted molar refractivity (Wildman–Crippen MR) is 66.3 cm³/mol. The molecule has 17 heavy (non-hydrogen) atoms. The molecule has 1 heterocycles. The Morgan fingerprint density at radius 2 is 2.18 bits per heavy atom. The van der Waals surface area contributed by atoms with Crippen LogP contribution in [0.15, 0.2) is 30.3 Å². The topological polar surface area (TPSA) is 36.3 Å². The Balaban J connectivity index is 1.70. The molecule has 0 spiro atoms. The zero-order valence-corrected chi connectivity index (χ0v) is 10.0. The Kier molecular flexibility index (Phi) is 4.54. The van der Waals surface area contributed by atoms with Crippen molar-refractivity contribution in [2.75, 3.05) is 19.6 Å².